The van der Waals surface area contributed by atoms with E-state index in [9.17, 15) is 4.79 Å². The highest BCUT2D eigenvalue weighted by Crippen LogP contribution is 2.39. The van der Waals surface area contributed by atoms with Gasteiger partial charge in [0.05, 0.1) is 5.71 Å². The maximum Gasteiger partial charge on any atom is 0.243 e. The quantitative estimate of drug-likeness (QED) is 0.795. The van der Waals surface area contributed by atoms with Crippen molar-refractivity contribution in [2.75, 3.05) is 0 Å². The van der Waals surface area contributed by atoms with E-state index in [0.717, 1.165) is 24.1 Å². The molecule has 0 saturated heterocycles. The van der Waals surface area contributed by atoms with E-state index >= 15 is 0 Å². The first-order chi connectivity index (χ1) is 7.75. The van der Waals surface area contributed by atoms with Gasteiger partial charge in [0.15, 0.2) is 0 Å². The highest BCUT2D eigenvalue weighted by Gasteiger charge is 2.42. The van der Waals surface area contributed by atoms with Crippen LogP contribution in [-0.2, 0) is 4.79 Å². The zero-order valence-corrected chi connectivity index (χ0v) is 9.37. The Morgan fingerprint density at radius 3 is 2.50 bits per heavy atom. The van der Waals surface area contributed by atoms with E-state index in [1.54, 1.807) is 0 Å². The second-order valence-corrected chi connectivity index (χ2v) is 4.71. The Bertz CT molecular complexity index is 466. The van der Waals surface area contributed by atoms with Gasteiger partial charge in [-0.15, -0.1) is 0 Å². The van der Waals surface area contributed by atoms with Crippen LogP contribution in [0.25, 0.3) is 0 Å². The number of halogens is 1. The summed E-state index contributed by atoms with van der Waals surface area (Å²) >= 11 is 5.84. The SMILES string of the molecule is O=C1NN=C(c2ccc(Cl)cc2)[C@@H]2CC[C@H]12. The van der Waals surface area contributed by atoms with E-state index in [0.29, 0.717) is 10.9 Å². The van der Waals surface area contributed by atoms with E-state index in [-0.39, 0.29) is 11.8 Å². The summed E-state index contributed by atoms with van der Waals surface area (Å²) in [5.41, 5.74) is 4.64. The molecule has 2 aliphatic rings. The summed E-state index contributed by atoms with van der Waals surface area (Å²) in [7, 11) is 0. The average Bonchev–Trinajstić information content (AvgIpc) is 2.22. The van der Waals surface area contributed by atoms with Gasteiger partial charge < -0.3 is 0 Å². The summed E-state index contributed by atoms with van der Waals surface area (Å²) in [6, 6.07) is 7.61. The third-order valence-corrected chi connectivity index (χ3v) is 3.64. The first-order valence-electron chi connectivity index (χ1n) is 5.39. The lowest BCUT2D eigenvalue weighted by atomic mass is 9.68. The third kappa shape index (κ3) is 1.43. The van der Waals surface area contributed by atoms with Gasteiger partial charge in [0.1, 0.15) is 0 Å². The topological polar surface area (TPSA) is 41.5 Å². The van der Waals surface area contributed by atoms with Gasteiger partial charge >= 0.3 is 0 Å². The monoisotopic (exact) mass is 234 g/mol. The summed E-state index contributed by atoms with van der Waals surface area (Å²) in [5.74, 6) is 0.493. The second kappa shape index (κ2) is 3.59. The number of rotatable bonds is 1. The Kier molecular flexibility index (Phi) is 2.21. The molecule has 0 spiro atoms. The molecule has 0 radical (unpaired) electrons. The molecule has 1 saturated carbocycles. The molecule has 4 heteroatoms. The van der Waals surface area contributed by atoms with Crippen LogP contribution in [0.15, 0.2) is 29.4 Å². The smallest absolute Gasteiger partial charge is 0.243 e. The third-order valence-electron chi connectivity index (χ3n) is 3.39. The largest absolute Gasteiger partial charge is 0.273 e. The van der Waals surface area contributed by atoms with Crippen LogP contribution in [0.3, 0.4) is 0 Å². The molecule has 82 valence electrons. The molecule has 0 aromatic heterocycles. The number of hydrogen-bond acceptors (Lipinski definition) is 2. The molecule has 1 aromatic rings. The van der Waals surface area contributed by atoms with Crippen molar-refractivity contribution in [3.05, 3.63) is 34.9 Å². The van der Waals surface area contributed by atoms with Gasteiger partial charge in [-0.25, -0.2) is 5.43 Å². The fourth-order valence-electron chi connectivity index (χ4n) is 2.32. The summed E-state index contributed by atoms with van der Waals surface area (Å²) < 4.78 is 0. The van der Waals surface area contributed by atoms with Crippen LogP contribution in [0.2, 0.25) is 5.02 Å². The van der Waals surface area contributed by atoms with Crippen LogP contribution in [0.4, 0.5) is 0 Å². The number of nitrogens with zero attached hydrogens (tertiary/aromatic N) is 1. The van der Waals surface area contributed by atoms with Crippen LogP contribution in [0.1, 0.15) is 18.4 Å². The van der Waals surface area contributed by atoms with Gasteiger partial charge in [-0.2, -0.15) is 5.10 Å². The number of fused-ring (bicyclic) bond motifs is 1. The lowest BCUT2D eigenvalue weighted by Crippen LogP contribution is -2.47. The number of amides is 1. The predicted molar refractivity (Wildman–Crippen MR) is 62.3 cm³/mol. The van der Waals surface area contributed by atoms with Crippen molar-refractivity contribution in [1.82, 2.24) is 5.43 Å². The second-order valence-electron chi connectivity index (χ2n) is 4.27. The summed E-state index contributed by atoms with van der Waals surface area (Å²) in [4.78, 5) is 11.4. The molecule has 3 nitrogen and oxygen atoms in total. The molecule has 1 aliphatic carbocycles. The summed E-state index contributed by atoms with van der Waals surface area (Å²) in [6.45, 7) is 0. The van der Waals surface area contributed by atoms with E-state index in [2.05, 4.69) is 10.5 Å². The van der Waals surface area contributed by atoms with E-state index in [1.807, 2.05) is 24.3 Å². The van der Waals surface area contributed by atoms with E-state index in [4.69, 9.17) is 11.6 Å². The first kappa shape index (κ1) is 9.85. The minimum Gasteiger partial charge on any atom is -0.273 e. The Morgan fingerprint density at radius 2 is 1.88 bits per heavy atom. The van der Waals surface area contributed by atoms with E-state index in [1.165, 1.54) is 0 Å². The molecular formula is C12H11ClN2O. The normalized spacial score (nSPS) is 27.6. The van der Waals surface area contributed by atoms with Crippen LogP contribution in [0.5, 0.6) is 0 Å². The van der Waals surface area contributed by atoms with Crippen molar-refractivity contribution in [3.8, 4) is 0 Å². The predicted octanol–water partition coefficient (Wildman–Crippen LogP) is 2.20. The maximum atomic E-state index is 11.4. The van der Waals surface area contributed by atoms with Crippen LogP contribution in [-0.4, -0.2) is 11.6 Å². The zero-order valence-electron chi connectivity index (χ0n) is 8.61. The fraction of sp³-hybridized carbons (Fsp3) is 0.333. The average molecular weight is 235 g/mol. The standard InChI is InChI=1S/C12H11ClN2O/c13-8-3-1-7(2-4-8)11-9-5-6-10(9)12(16)15-14-11/h1-4,9-10H,5-6H2,(H,15,16)/t9-,10+/m1/s1. The molecule has 3 rings (SSSR count). The van der Waals surface area contributed by atoms with Gasteiger partial charge in [-0.1, -0.05) is 23.7 Å². The van der Waals surface area contributed by atoms with Crippen molar-refractivity contribution in [2.24, 2.45) is 16.9 Å². The number of benzene rings is 1. The number of hydrazone groups is 1. The molecular weight excluding hydrogens is 224 g/mol. The summed E-state index contributed by atoms with van der Waals surface area (Å²) in [6.07, 6.45) is 2.03. The molecule has 1 heterocycles. The van der Waals surface area contributed by atoms with Crippen molar-refractivity contribution in [1.29, 1.82) is 0 Å². The molecule has 1 aliphatic heterocycles. The highest BCUT2D eigenvalue weighted by atomic mass is 35.5. The molecule has 1 aromatic carbocycles. The van der Waals surface area contributed by atoms with Crippen molar-refractivity contribution in [2.45, 2.75) is 12.8 Å². The molecule has 0 bridgehead atoms. The number of hydrogen-bond donors (Lipinski definition) is 1. The Morgan fingerprint density at radius 1 is 1.19 bits per heavy atom. The Hall–Kier alpha value is -1.35. The maximum absolute atomic E-state index is 11.4. The van der Waals surface area contributed by atoms with Crippen molar-refractivity contribution in [3.63, 3.8) is 0 Å². The van der Waals surface area contributed by atoms with E-state index < -0.39 is 0 Å². The minimum absolute atomic E-state index is 0.0639. The fourth-order valence-corrected chi connectivity index (χ4v) is 2.45. The minimum atomic E-state index is 0.0639. The Labute approximate surface area is 98.5 Å². The van der Waals surface area contributed by atoms with Crippen molar-refractivity contribution >= 4 is 23.2 Å². The number of carbonyl (C=O) groups excluding carboxylic acids is 1. The highest BCUT2D eigenvalue weighted by molar-refractivity contribution is 6.30. The lowest BCUT2D eigenvalue weighted by molar-refractivity contribution is -0.129. The first-order valence-corrected chi connectivity index (χ1v) is 5.77. The van der Waals surface area contributed by atoms with Crippen molar-refractivity contribution < 1.29 is 4.79 Å². The molecule has 2 atom stereocenters. The van der Waals surface area contributed by atoms with Crippen LogP contribution in [0, 0.1) is 11.8 Å². The lowest BCUT2D eigenvalue weighted by Gasteiger charge is -2.38. The summed E-state index contributed by atoms with van der Waals surface area (Å²) in [5, 5.41) is 4.88. The van der Waals surface area contributed by atoms with Gasteiger partial charge in [0.2, 0.25) is 5.91 Å². The zero-order chi connectivity index (χ0) is 11.1. The molecule has 1 N–H and O–H groups in total. The molecule has 0 unspecified atom stereocenters. The van der Waals surface area contributed by atoms with Gasteiger partial charge in [-0.3, -0.25) is 4.79 Å². The van der Waals surface area contributed by atoms with Gasteiger partial charge in [-0.05, 0) is 30.5 Å². The molecule has 16 heavy (non-hydrogen) atoms. The molecule has 1 fully saturated rings. The number of nitrogens with one attached hydrogen (secondary N) is 1. The molecule has 1 amide bonds. The van der Waals surface area contributed by atoms with Crippen LogP contribution < -0.4 is 5.43 Å². The number of carbonyl (C=O) groups is 1. The van der Waals surface area contributed by atoms with Crippen LogP contribution >= 0.6 is 11.6 Å². The Balaban J connectivity index is 1.95. The van der Waals surface area contributed by atoms with Gasteiger partial charge in [0, 0.05) is 16.9 Å². The van der Waals surface area contributed by atoms with Gasteiger partial charge in [0.25, 0.3) is 0 Å².